The van der Waals surface area contributed by atoms with Crippen LogP contribution >= 0.6 is 0 Å². The summed E-state index contributed by atoms with van der Waals surface area (Å²) in [4.78, 5) is 29.4. The molecule has 0 saturated heterocycles. The number of hydrogen-bond acceptors (Lipinski definition) is 3. The zero-order valence-electron chi connectivity index (χ0n) is 16.2. The predicted molar refractivity (Wildman–Crippen MR) is 108 cm³/mol. The van der Waals surface area contributed by atoms with Crippen molar-refractivity contribution in [2.75, 3.05) is 25.5 Å². The maximum Gasteiger partial charge on any atom is 0.247 e. The quantitative estimate of drug-likeness (QED) is 0.856. The van der Waals surface area contributed by atoms with E-state index in [-0.39, 0.29) is 11.8 Å². The lowest BCUT2D eigenvalue weighted by molar-refractivity contribution is -0.141. The maximum absolute atomic E-state index is 13.0. The molecule has 0 saturated carbocycles. The molecular weight excluding hydrogens is 338 g/mol. The van der Waals surface area contributed by atoms with E-state index in [9.17, 15) is 9.59 Å². The molecule has 2 amide bonds. The molecule has 0 fully saturated rings. The van der Waals surface area contributed by atoms with E-state index in [0.29, 0.717) is 19.5 Å². The van der Waals surface area contributed by atoms with E-state index in [1.807, 2.05) is 74.4 Å². The Kier molecular flexibility index (Phi) is 5.79. The summed E-state index contributed by atoms with van der Waals surface area (Å²) in [5, 5.41) is 3.02. The normalized spacial score (nSPS) is 16.0. The van der Waals surface area contributed by atoms with Crippen molar-refractivity contribution in [3.8, 4) is 0 Å². The Bertz CT molecular complexity index is 815. The van der Waals surface area contributed by atoms with Crippen LogP contribution in [0.4, 0.5) is 5.69 Å². The van der Waals surface area contributed by atoms with Gasteiger partial charge in [-0.2, -0.15) is 0 Å². The molecule has 0 bridgehead atoms. The van der Waals surface area contributed by atoms with Gasteiger partial charge in [0.1, 0.15) is 6.04 Å². The van der Waals surface area contributed by atoms with Gasteiger partial charge >= 0.3 is 0 Å². The number of carbonyl (C=O) groups excluding carboxylic acids is 2. The van der Waals surface area contributed by atoms with Gasteiger partial charge in [0.05, 0.1) is 6.42 Å². The average molecular weight is 365 g/mol. The molecule has 27 heavy (non-hydrogen) atoms. The number of nitrogens with one attached hydrogen (secondary N) is 1. The van der Waals surface area contributed by atoms with Crippen molar-refractivity contribution < 1.29 is 9.59 Å². The second kappa shape index (κ2) is 8.25. The predicted octanol–water partition coefficient (Wildman–Crippen LogP) is 2.90. The monoisotopic (exact) mass is 365 g/mol. The highest BCUT2D eigenvalue weighted by atomic mass is 16.2. The van der Waals surface area contributed by atoms with Crippen molar-refractivity contribution in [3.05, 3.63) is 65.2 Å². The Labute approximate surface area is 161 Å². The van der Waals surface area contributed by atoms with Gasteiger partial charge in [-0.1, -0.05) is 43.3 Å². The van der Waals surface area contributed by atoms with Crippen LogP contribution in [0.25, 0.3) is 0 Å². The molecule has 0 aromatic heterocycles. The van der Waals surface area contributed by atoms with Crippen LogP contribution in [0.1, 0.15) is 36.1 Å². The van der Waals surface area contributed by atoms with Gasteiger partial charge in [-0.3, -0.25) is 9.59 Å². The first-order valence-corrected chi connectivity index (χ1v) is 9.42. The van der Waals surface area contributed by atoms with E-state index >= 15 is 0 Å². The van der Waals surface area contributed by atoms with Gasteiger partial charge in [0, 0.05) is 32.9 Å². The van der Waals surface area contributed by atoms with Crippen LogP contribution in [0.2, 0.25) is 0 Å². The minimum atomic E-state index is -0.552. The second-order valence-corrected chi connectivity index (χ2v) is 7.14. The van der Waals surface area contributed by atoms with Gasteiger partial charge in [0.25, 0.3) is 0 Å². The van der Waals surface area contributed by atoms with Crippen molar-refractivity contribution in [2.45, 2.75) is 32.4 Å². The molecule has 2 aromatic rings. The maximum atomic E-state index is 13.0. The third-order valence-electron chi connectivity index (χ3n) is 4.96. The molecule has 0 aliphatic carbocycles. The summed E-state index contributed by atoms with van der Waals surface area (Å²) in [5.74, 6) is -0.105. The Balaban J connectivity index is 1.77. The smallest absolute Gasteiger partial charge is 0.247 e. The highest BCUT2D eigenvalue weighted by Crippen LogP contribution is 2.30. The SMILES string of the molecule is CCCN1C(=O)Cc2ccccc2[C@@H]1C(=O)NCc1ccc(N(C)C)cc1. The van der Waals surface area contributed by atoms with E-state index in [1.165, 1.54) is 0 Å². The third kappa shape index (κ3) is 4.13. The highest BCUT2D eigenvalue weighted by Gasteiger charge is 2.36. The van der Waals surface area contributed by atoms with E-state index in [2.05, 4.69) is 5.32 Å². The zero-order valence-corrected chi connectivity index (χ0v) is 16.2. The van der Waals surface area contributed by atoms with Gasteiger partial charge in [0.15, 0.2) is 0 Å². The standard InChI is InChI=1S/C22H27N3O2/c1-4-13-25-20(26)14-17-7-5-6-8-19(17)21(25)22(27)23-15-16-9-11-18(12-10-16)24(2)3/h5-12,21H,4,13-15H2,1-3H3,(H,23,27)/t21-/m1/s1. The molecule has 2 aromatic carbocycles. The summed E-state index contributed by atoms with van der Waals surface area (Å²) in [5.41, 5.74) is 4.04. The third-order valence-corrected chi connectivity index (χ3v) is 4.96. The molecule has 0 radical (unpaired) electrons. The van der Waals surface area contributed by atoms with Crippen LogP contribution in [0, 0.1) is 0 Å². The van der Waals surface area contributed by atoms with Crippen molar-refractivity contribution in [2.24, 2.45) is 0 Å². The number of hydrogen-bond donors (Lipinski definition) is 1. The molecule has 142 valence electrons. The Morgan fingerprint density at radius 1 is 1.15 bits per heavy atom. The fourth-order valence-corrected chi connectivity index (χ4v) is 3.51. The molecule has 1 N–H and O–H groups in total. The summed E-state index contributed by atoms with van der Waals surface area (Å²) in [6.45, 7) is 3.05. The fourth-order valence-electron chi connectivity index (χ4n) is 3.51. The van der Waals surface area contributed by atoms with Gasteiger partial charge < -0.3 is 15.1 Å². The van der Waals surface area contributed by atoms with Crippen molar-refractivity contribution in [1.29, 1.82) is 0 Å². The van der Waals surface area contributed by atoms with Crippen LogP contribution in [-0.4, -0.2) is 37.4 Å². The van der Waals surface area contributed by atoms with E-state index in [1.54, 1.807) is 4.90 Å². The fraction of sp³-hybridized carbons (Fsp3) is 0.364. The average Bonchev–Trinajstić information content (AvgIpc) is 2.67. The van der Waals surface area contributed by atoms with Crippen molar-refractivity contribution in [3.63, 3.8) is 0 Å². The molecule has 3 rings (SSSR count). The van der Waals surface area contributed by atoms with Crippen LogP contribution in [0.3, 0.4) is 0 Å². The van der Waals surface area contributed by atoms with E-state index < -0.39 is 6.04 Å². The zero-order chi connectivity index (χ0) is 19.4. The number of amides is 2. The summed E-state index contributed by atoms with van der Waals surface area (Å²) in [7, 11) is 3.99. The summed E-state index contributed by atoms with van der Waals surface area (Å²) in [6.07, 6.45) is 1.19. The first-order chi connectivity index (χ1) is 13.0. The van der Waals surface area contributed by atoms with E-state index in [4.69, 9.17) is 0 Å². The number of carbonyl (C=O) groups is 2. The second-order valence-electron chi connectivity index (χ2n) is 7.14. The number of fused-ring (bicyclic) bond motifs is 1. The molecule has 1 aliphatic heterocycles. The Morgan fingerprint density at radius 2 is 1.85 bits per heavy atom. The van der Waals surface area contributed by atoms with Gasteiger partial charge in [0.2, 0.25) is 11.8 Å². The first kappa shape index (κ1) is 19.0. The Hall–Kier alpha value is -2.82. The minimum absolute atomic E-state index is 0.0195. The van der Waals surface area contributed by atoms with E-state index in [0.717, 1.165) is 28.8 Å². The molecule has 5 nitrogen and oxygen atoms in total. The molecule has 0 spiro atoms. The van der Waals surface area contributed by atoms with Gasteiger partial charge in [-0.15, -0.1) is 0 Å². The van der Waals surface area contributed by atoms with Crippen LogP contribution in [0.15, 0.2) is 48.5 Å². The number of anilines is 1. The molecule has 0 unspecified atom stereocenters. The van der Waals surface area contributed by atoms with Gasteiger partial charge in [-0.25, -0.2) is 0 Å². The van der Waals surface area contributed by atoms with Crippen molar-refractivity contribution >= 4 is 17.5 Å². The lowest BCUT2D eigenvalue weighted by atomic mass is 9.91. The topological polar surface area (TPSA) is 52.7 Å². The lowest BCUT2D eigenvalue weighted by Crippen LogP contribution is -2.47. The van der Waals surface area contributed by atoms with Crippen LogP contribution < -0.4 is 10.2 Å². The summed E-state index contributed by atoms with van der Waals surface area (Å²) in [6, 6.07) is 15.3. The summed E-state index contributed by atoms with van der Waals surface area (Å²) >= 11 is 0. The largest absolute Gasteiger partial charge is 0.378 e. The molecular formula is C22H27N3O2. The van der Waals surface area contributed by atoms with Gasteiger partial charge in [-0.05, 0) is 35.2 Å². The van der Waals surface area contributed by atoms with Crippen LogP contribution in [-0.2, 0) is 22.6 Å². The summed E-state index contributed by atoms with van der Waals surface area (Å²) < 4.78 is 0. The number of benzene rings is 2. The first-order valence-electron chi connectivity index (χ1n) is 9.42. The lowest BCUT2D eigenvalue weighted by Gasteiger charge is -2.36. The van der Waals surface area contributed by atoms with Crippen molar-refractivity contribution in [1.82, 2.24) is 10.2 Å². The van der Waals surface area contributed by atoms with Crippen LogP contribution in [0.5, 0.6) is 0 Å². The Morgan fingerprint density at radius 3 is 2.52 bits per heavy atom. The minimum Gasteiger partial charge on any atom is -0.378 e. The molecule has 1 atom stereocenters. The highest BCUT2D eigenvalue weighted by molar-refractivity contribution is 5.92. The number of rotatable bonds is 6. The molecule has 1 aliphatic rings. The molecule has 1 heterocycles. The number of nitrogens with zero attached hydrogens (tertiary/aromatic N) is 2. The molecule has 5 heteroatoms.